The van der Waals surface area contributed by atoms with Crippen LogP contribution in [0.1, 0.15) is 75.2 Å². The molecule has 1 saturated heterocycles. The van der Waals surface area contributed by atoms with Gasteiger partial charge in [0.15, 0.2) is 0 Å². The van der Waals surface area contributed by atoms with E-state index < -0.39 is 58.7 Å². The summed E-state index contributed by atoms with van der Waals surface area (Å²) < 4.78 is 5.55. The van der Waals surface area contributed by atoms with Crippen LogP contribution in [-0.4, -0.2) is 61.6 Å². The van der Waals surface area contributed by atoms with E-state index in [1.54, 1.807) is 34.6 Å². The third-order valence-electron chi connectivity index (χ3n) is 8.00. The van der Waals surface area contributed by atoms with Crippen molar-refractivity contribution < 1.29 is 30.0 Å². The number of esters is 1. The van der Waals surface area contributed by atoms with Gasteiger partial charge in [0.2, 0.25) is 0 Å². The number of rotatable bonds is 1. The van der Waals surface area contributed by atoms with Crippen LogP contribution in [0.15, 0.2) is 0 Å². The van der Waals surface area contributed by atoms with Gasteiger partial charge in [0.25, 0.3) is 0 Å². The van der Waals surface area contributed by atoms with Gasteiger partial charge in [0.05, 0.1) is 23.7 Å². The molecule has 1 aliphatic rings. The van der Waals surface area contributed by atoms with E-state index in [1.807, 2.05) is 20.8 Å². The number of cyclic esters (lactones) is 1. The summed E-state index contributed by atoms with van der Waals surface area (Å²) in [6.45, 7) is 15.4. The summed E-state index contributed by atoms with van der Waals surface area (Å²) >= 11 is 0. The lowest BCUT2D eigenvalue weighted by Crippen LogP contribution is -2.57. The van der Waals surface area contributed by atoms with Gasteiger partial charge in [-0.1, -0.05) is 41.5 Å². The minimum absolute atomic E-state index is 0.207. The molecule has 1 fully saturated rings. The average Bonchev–Trinajstić information content (AvgIpc) is 2.66. The largest absolute Gasteiger partial charge is 0.459 e. The summed E-state index contributed by atoms with van der Waals surface area (Å²) in [5.74, 6) is -3.08. The molecule has 0 aliphatic carbocycles. The summed E-state index contributed by atoms with van der Waals surface area (Å²) in [5.41, 5.74) is -3.61. The summed E-state index contributed by atoms with van der Waals surface area (Å²) in [5, 5.41) is 52.8. The van der Waals surface area contributed by atoms with Crippen LogP contribution in [0, 0.1) is 34.5 Å². The highest BCUT2D eigenvalue weighted by molar-refractivity contribution is 5.86. The van der Waals surface area contributed by atoms with Crippen LogP contribution in [-0.2, 0) is 9.53 Å². The van der Waals surface area contributed by atoms with Crippen LogP contribution >= 0.6 is 0 Å². The summed E-state index contributed by atoms with van der Waals surface area (Å²) in [6.07, 6.45) is -2.91. The van der Waals surface area contributed by atoms with Crippen LogP contribution in [0.5, 0.6) is 0 Å². The van der Waals surface area contributed by atoms with Gasteiger partial charge in [0, 0.05) is 11.6 Å². The Morgan fingerprint density at radius 2 is 1.53 bits per heavy atom. The molecule has 0 spiro atoms. The molecule has 9 atom stereocenters. The predicted octanol–water partition coefficient (Wildman–Crippen LogP) is 2.53. The molecule has 0 saturated carbocycles. The van der Waals surface area contributed by atoms with Crippen LogP contribution in [0.3, 0.4) is 0 Å². The van der Waals surface area contributed by atoms with Crippen LogP contribution in [0.4, 0.5) is 0 Å². The fourth-order valence-corrected chi connectivity index (χ4v) is 4.64. The first-order valence-corrected chi connectivity index (χ1v) is 11.0. The molecule has 176 valence electrons. The van der Waals surface area contributed by atoms with Gasteiger partial charge in [-0.2, -0.15) is 0 Å². The number of carbonyl (C=O) groups excluding carboxylic acids is 1. The Morgan fingerprint density at radius 3 is 2.00 bits per heavy atom. The normalized spacial score (nSPS) is 46.8. The second-order valence-electron chi connectivity index (χ2n) is 10.4. The molecule has 0 aromatic carbocycles. The van der Waals surface area contributed by atoms with Crippen molar-refractivity contribution in [1.29, 1.82) is 5.41 Å². The lowest BCUT2D eigenvalue weighted by Gasteiger charge is -2.48. The maximum atomic E-state index is 12.8. The van der Waals surface area contributed by atoms with E-state index in [1.165, 1.54) is 6.92 Å². The fraction of sp³-hybridized carbons (Fsp3) is 0.913. The van der Waals surface area contributed by atoms with Gasteiger partial charge in [-0.15, -0.1) is 0 Å². The van der Waals surface area contributed by atoms with Crippen molar-refractivity contribution in [2.45, 2.75) is 105 Å². The Kier molecular flexibility index (Phi) is 8.31. The number of ether oxygens (including phenoxy) is 1. The number of hydrogen-bond donors (Lipinski definition) is 5. The molecule has 0 unspecified atom stereocenters. The first-order valence-electron chi connectivity index (χ1n) is 11.0. The van der Waals surface area contributed by atoms with Crippen LogP contribution in [0.2, 0.25) is 0 Å². The van der Waals surface area contributed by atoms with Crippen molar-refractivity contribution in [3.8, 4) is 0 Å². The van der Waals surface area contributed by atoms with Gasteiger partial charge in [-0.25, -0.2) is 0 Å². The lowest BCUT2D eigenvalue weighted by molar-refractivity contribution is -0.192. The molecule has 7 nitrogen and oxygen atoms in total. The van der Waals surface area contributed by atoms with Crippen molar-refractivity contribution >= 4 is 11.7 Å². The molecule has 7 heteroatoms. The molecular formula is C23H43NO6. The molecule has 0 aromatic heterocycles. The first kappa shape index (κ1) is 27.0. The molecule has 30 heavy (non-hydrogen) atoms. The van der Waals surface area contributed by atoms with Gasteiger partial charge < -0.3 is 30.6 Å². The quantitative estimate of drug-likeness (QED) is 0.407. The second-order valence-corrected chi connectivity index (χ2v) is 10.4. The Morgan fingerprint density at radius 1 is 1.03 bits per heavy atom. The van der Waals surface area contributed by atoms with Gasteiger partial charge in [-0.05, 0) is 50.9 Å². The van der Waals surface area contributed by atoms with Crippen molar-refractivity contribution in [2.24, 2.45) is 29.1 Å². The maximum absolute atomic E-state index is 12.8. The van der Waals surface area contributed by atoms with E-state index in [4.69, 9.17) is 10.1 Å². The summed E-state index contributed by atoms with van der Waals surface area (Å²) in [4.78, 5) is 12.8. The lowest BCUT2D eigenvalue weighted by atomic mass is 9.61. The van der Waals surface area contributed by atoms with E-state index in [0.29, 0.717) is 0 Å². The highest BCUT2D eigenvalue weighted by atomic mass is 16.6. The second kappa shape index (κ2) is 9.23. The molecule has 0 aromatic rings. The van der Waals surface area contributed by atoms with Crippen LogP contribution in [0.25, 0.3) is 0 Å². The topological polar surface area (TPSA) is 131 Å². The smallest absolute Gasteiger partial charge is 0.311 e. The first-order chi connectivity index (χ1) is 13.4. The molecule has 5 N–H and O–H groups in total. The monoisotopic (exact) mass is 429 g/mol. The number of aliphatic hydroxyl groups is 4. The maximum Gasteiger partial charge on any atom is 0.311 e. The zero-order valence-corrected chi connectivity index (χ0v) is 20.1. The summed E-state index contributed by atoms with van der Waals surface area (Å²) in [6, 6.07) is 0. The highest BCUT2D eigenvalue weighted by Gasteiger charge is 2.51. The molecular weight excluding hydrogens is 386 g/mol. The molecule has 0 bridgehead atoms. The van der Waals surface area contributed by atoms with Gasteiger partial charge in [0.1, 0.15) is 11.7 Å². The van der Waals surface area contributed by atoms with Crippen molar-refractivity contribution in [1.82, 2.24) is 0 Å². The summed E-state index contributed by atoms with van der Waals surface area (Å²) in [7, 11) is 0. The molecule has 1 rings (SSSR count). The van der Waals surface area contributed by atoms with E-state index in [9.17, 15) is 25.2 Å². The van der Waals surface area contributed by atoms with Gasteiger partial charge in [-0.3, -0.25) is 4.79 Å². The average molecular weight is 430 g/mol. The number of carbonyl (C=O) groups is 1. The van der Waals surface area contributed by atoms with Crippen molar-refractivity contribution in [3.63, 3.8) is 0 Å². The van der Waals surface area contributed by atoms with Crippen LogP contribution < -0.4 is 0 Å². The number of nitrogens with one attached hydrogen (secondary N) is 1. The zero-order valence-electron chi connectivity index (χ0n) is 20.1. The SMILES string of the molecule is CC[C@H]1OC(=O)[C@H](C)[C@@H](O)[C@H](C)C(C)(C)[C@](C)(O)C[C@@H](C)C(=N)[C@H](C)[C@@H](O)[C@]1(C)O. The molecule has 0 radical (unpaired) electrons. The molecule has 1 aliphatic heterocycles. The van der Waals surface area contributed by atoms with E-state index in [2.05, 4.69) is 0 Å². The number of aliphatic hydroxyl groups excluding tert-OH is 2. The van der Waals surface area contributed by atoms with E-state index >= 15 is 0 Å². The molecule has 1 heterocycles. The van der Waals surface area contributed by atoms with E-state index in [-0.39, 0.29) is 24.5 Å². The minimum Gasteiger partial charge on any atom is -0.459 e. The minimum atomic E-state index is -1.78. The third-order valence-corrected chi connectivity index (χ3v) is 8.00. The Labute approximate surface area is 181 Å². The Bertz CT molecular complexity index is 629. The fourth-order valence-electron chi connectivity index (χ4n) is 4.64. The Balaban J connectivity index is 3.52. The molecule has 0 amide bonds. The third kappa shape index (κ3) is 4.90. The number of hydrogen-bond acceptors (Lipinski definition) is 7. The van der Waals surface area contributed by atoms with E-state index in [0.717, 1.165) is 0 Å². The van der Waals surface area contributed by atoms with Crippen molar-refractivity contribution in [2.75, 3.05) is 0 Å². The van der Waals surface area contributed by atoms with Crippen molar-refractivity contribution in [3.05, 3.63) is 0 Å². The highest BCUT2D eigenvalue weighted by Crippen LogP contribution is 2.45. The predicted molar refractivity (Wildman–Crippen MR) is 116 cm³/mol. The van der Waals surface area contributed by atoms with Gasteiger partial charge >= 0.3 is 5.97 Å². The zero-order chi connectivity index (χ0) is 23.8. The standard InChI is InChI=1S/C23H43NO6/c1-10-16-23(9,29)19(26)13(3)17(24)12(2)11-22(8,28)21(6,7)15(5)18(25)14(4)20(27)30-16/h12-16,18-19,24-26,28-29H,10-11H2,1-9H3/t12-,13+,14-,15+,16-,18-,19-,22-,23-/m1/s1. The Hall–Kier alpha value is -1.02.